The minimum Gasteiger partial charge on any atom is -0.497 e. The van der Waals surface area contributed by atoms with Gasteiger partial charge in [-0.3, -0.25) is 9.59 Å². The van der Waals surface area contributed by atoms with E-state index in [0.29, 0.717) is 5.75 Å². The number of aryl methyl sites for hydroxylation is 1. The molecule has 116 valence electrons. The van der Waals surface area contributed by atoms with Crippen LogP contribution >= 0.6 is 0 Å². The fourth-order valence-corrected chi connectivity index (χ4v) is 1.89. The Labute approximate surface area is 135 Å². The smallest absolute Gasteiger partial charge is 0.308 e. The van der Waals surface area contributed by atoms with Gasteiger partial charge in [0.15, 0.2) is 0 Å². The van der Waals surface area contributed by atoms with E-state index in [1.165, 1.54) is 26.2 Å². The Kier molecular flexibility index (Phi) is 5.16. The predicted octanol–water partition coefficient (Wildman–Crippen LogP) is 3.16. The van der Waals surface area contributed by atoms with Crippen molar-refractivity contribution < 1.29 is 19.1 Å². The molecule has 0 aliphatic rings. The van der Waals surface area contributed by atoms with Crippen molar-refractivity contribution in [3.05, 3.63) is 59.2 Å². The molecule has 0 heterocycles. The summed E-state index contributed by atoms with van der Waals surface area (Å²) in [5, 5.41) is 0. The molecule has 4 heteroatoms. The number of benzene rings is 2. The van der Waals surface area contributed by atoms with Crippen LogP contribution in [0, 0.1) is 18.8 Å². The van der Waals surface area contributed by atoms with E-state index in [-0.39, 0.29) is 11.3 Å². The molecule has 0 N–H and O–H groups in total. The number of methoxy groups -OCH3 is 1. The maximum absolute atomic E-state index is 12.3. The minimum atomic E-state index is -0.504. The van der Waals surface area contributed by atoms with E-state index in [1.807, 2.05) is 31.2 Å². The summed E-state index contributed by atoms with van der Waals surface area (Å²) in [6.07, 6.45) is 0. The van der Waals surface area contributed by atoms with Gasteiger partial charge in [-0.05, 0) is 43.2 Å². The Morgan fingerprint density at radius 3 is 2.35 bits per heavy atom. The van der Waals surface area contributed by atoms with Crippen molar-refractivity contribution >= 4 is 11.8 Å². The maximum atomic E-state index is 12.3. The third kappa shape index (κ3) is 4.45. The van der Waals surface area contributed by atoms with Gasteiger partial charge < -0.3 is 9.47 Å². The number of carbonyl (C=O) groups excluding carboxylic acids is 2. The molecule has 0 amide bonds. The van der Waals surface area contributed by atoms with E-state index in [4.69, 9.17) is 9.47 Å². The summed E-state index contributed by atoms with van der Waals surface area (Å²) in [5.41, 5.74) is 2.05. The van der Waals surface area contributed by atoms with E-state index < -0.39 is 11.8 Å². The van der Waals surface area contributed by atoms with Crippen LogP contribution in [0.25, 0.3) is 0 Å². The van der Waals surface area contributed by atoms with Crippen LogP contribution in [0.15, 0.2) is 42.5 Å². The van der Waals surface area contributed by atoms with Gasteiger partial charge in [0.2, 0.25) is 5.78 Å². The normalized spacial score (nSPS) is 9.52. The average molecular weight is 308 g/mol. The molecule has 0 spiro atoms. The fraction of sp³-hybridized carbons (Fsp3) is 0.158. The summed E-state index contributed by atoms with van der Waals surface area (Å²) in [6.45, 7) is 3.25. The topological polar surface area (TPSA) is 52.6 Å². The van der Waals surface area contributed by atoms with Crippen LogP contribution in [0.1, 0.15) is 28.4 Å². The van der Waals surface area contributed by atoms with Gasteiger partial charge >= 0.3 is 5.97 Å². The second kappa shape index (κ2) is 7.28. The quantitative estimate of drug-likeness (QED) is 0.378. The predicted molar refractivity (Wildman–Crippen MR) is 86.7 cm³/mol. The molecule has 0 unspecified atom stereocenters. The lowest BCUT2D eigenvalue weighted by Crippen LogP contribution is -2.07. The highest BCUT2D eigenvalue weighted by atomic mass is 16.5. The summed E-state index contributed by atoms with van der Waals surface area (Å²) in [5.74, 6) is 5.08. The first-order valence-electron chi connectivity index (χ1n) is 6.99. The first-order chi connectivity index (χ1) is 11.0. The number of hydrogen-bond acceptors (Lipinski definition) is 4. The van der Waals surface area contributed by atoms with E-state index in [9.17, 15) is 9.59 Å². The molecule has 2 aromatic carbocycles. The van der Waals surface area contributed by atoms with Crippen molar-refractivity contribution in [3.63, 3.8) is 0 Å². The van der Waals surface area contributed by atoms with Crippen LogP contribution in [0.2, 0.25) is 0 Å². The van der Waals surface area contributed by atoms with Crippen LogP contribution < -0.4 is 9.47 Å². The lowest BCUT2D eigenvalue weighted by Gasteiger charge is -2.07. The average Bonchev–Trinajstić information content (AvgIpc) is 2.54. The summed E-state index contributed by atoms with van der Waals surface area (Å²) in [6, 6.07) is 12.2. The number of ether oxygens (including phenoxy) is 2. The third-order valence-corrected chi connectivity index (χ3v) is 3.06. The molecule has 4 nitrogen and oxygen atoms in total. The zero-order valence-corrected chi connectivity index (χ0v) is 13.2. The van der Waals surface area contributed by atoms with E-state index in [1.54, 1.807) is 6.07 Å². The zero-order chi connectivity index (χ0) is 16.8. The molecule has 2 aromatic rings. The molecular weight excluding hydrogens is 292 g/mol. The second-order valence-corrected chi connectivity index (χ2v) is 4.90. The highest BCUT2D eigenvalue weighted by molar-refractivity contribution is 6.11. The molecule has 23 heavy (non-hydrogen) atoms. The van der Waals surface area contributed by atoms with E-state index in [0.717, 1.165) is 11.1 Å². The number of hydrogen-bond donors (Lipinski definition) is 0. The number of Topliss-reactive ketones (excluding diaryl/α,β-unsaturated/α-hetero) is 1. The van der Waals surface area contributed by atoms with Crippen molar-refractivity contribution in [3.8, 4) is 23.3 Å². The zero-order valence-electron chi connectivity index (χ0n) is 13.2. The van der Waals surface area contributed by atoms with Gasteiger partial charge in [-0.25, -0.2) is 0 Å². The van der Waals surface area contributed by atoms with Gasteiger partial charge in [-0.1, -0.05) is 23.6 Å². The standard InChI is InChI=1S/C19H16O4/c1-13-4-6-15(7-5-13)8-10-18(21)17-12-16(22-3)9-11-19(17)23-14(2)20/h4-7,9,11-12H,1-3H3. The first-order valence-corrected chi connectivity index (χ1v) is 6.99. The highest BCUT2D eigenvalue weighted by Crippen LogP contribution is 2.24. The van der Waals surface area contributed by atoms with Crippen molar-refractivity contribution in [1.29, 1.82) is 0 Å². The van der Waals surface area contributed by atoms with Crippen LogP contribution in [0.3, 0.4) is 0 Å². The minimum absolute atomic E-state index is 0.168. The monoisotopic (exact) mass is 308 g/mol. The molecule has 0 aliphatic carbocycles. The molecule has 0 fully saturated rings. The van der Waals surface area contributed by atoms with Crippen LogP contribution in [-0.2, 0) is 4.79 Å². The lowest BCUT2D eigenvalue weighted by atomic mass is 10.1. The van der Waals surface area contributed by atoms with E-state index >= 15 is 0 Å². The molecule has 0 atom stereocenters. The fourth-order valence-electron chi connectivity index (χ4n) is 1.89. The summed E-state index contributed by atoms with van der Waals surface area (Å²) in [4.78, 5) is 23.5. The van der Waals surface area contributed by atoms with Crippen molar-refractivity contribution in [2.75, 3.05) is 7.11 Å². The molecule has 0 saturated carbocycles. The number of esters is 1. The Bertz CT molecular complexity index is 792. The summed E-state index contributed by atoms with van der Waals surface area (Å²) >= 11 is 0. The number of ketones is 1. The summed E-state index contributed by atoms with van der Waals surface area (Å²) in [7, 11) is 1.49. The Hall–Kier alpha value is -3.06. The van der Waals surface area contributed by atoms with Crippen LogP contribution in [0.4, 0.5) is 0 Å². The van der Waals surface area contributed by atoms with Gasteiger partial charge in [0.05, 0.1) is 12.7 Å². The third-order valence-electron chi connectivity index (χ3n) is 3.06. The van der Waals surface area contributed by atoms with Gasteiger partial charge in [0.25, 0.3) is 0 Å². The molecule has 2 rings (SSSR count). The SMILES string of the molecule is COc1ccc(OC(C)=O)c(C(=O)C#Cc2ccc(C)cc2)c1. The Morgan fingerprint density at radius 2 is 1.74 bits per heavy atom. The van der Waals surface area contributed by atoms with Crippen molar-refractivity contribution in [2.24, 2.45) is 0 Å². The van der Waals surface area contributed by atoms with Crippen LogP contribution in [-0.4, -0.2) is 18.9 Å². The van der Waals surface area contributed by atoms with Crippen molar-refractivity contribution in [2.45, 2.75) is 13.8 Å². The number of rotatable bonds is 3. The molecule has 0 aliphatic heterocycles. The highest BCUT2D eigenvalue weighted by Gasteiger charge is 2.14. The number of carbonyl (C=O) groups is 2. The molecule has 0 bridgehead atoms. The van der Waals surface area contributed by atoms with Gasteiger partial charge in [-0.15, -0.1) is 0 Å². The van der Waals surface area contributed by atoms with Gasteiger partial charge in [0.1, 0.15) is 11.5 Å². The second-order valence-electron chi connectivity index (χ2n) is 4.90. The Balaban J connectivity index is 2.34. The molecule has 0 radical (unpaired) electrons. The van der Waals surface area contributed by atoms with Crippen molar-refractivity contribution in [1.82, 2.24) is 0 Å². The Morgan fingerprint density at radius 1 is 1.04 bits per heavy atom. The lowest BCUT2D eigenvalue weighted by molar-refractivity contribution is -0.131. The van der Waals surface area contributed by atoms with E-state index in [2.05, 4.69) is 11.8 Å². The summed E-state index contributed by atoms with van der Waals surface area (Å²) < 4.78 is 10.2. The van der Waals surface area contributed by atoms with Gasteiger partial charge in [0, 0.05) is 12.5 Å². The van der Waals surface area contributed by atoms with Gasteiger partial charge in [-0.2, -0.15) is 0 Å². The molecular formula is C19H16O4. The van der Waals surface area contributed by atoms with Crippen LogP contribution in [0.5, 0.6) is 11.5 Å². The molecule has 0 aromatic heterocycles. The first kappa shape index (κ1) is 16.3. The molecule has 0 saturated heterocycles. The largest absolute Gasteiger partial charge is 0.497 e. The maximum Gasteiger partial charge on any atom is 0.308 e.